The second-order valence-corrected chi connectivity index (χ2v) is 8.09. The van der Waals surface area contributed by atoms with Gasteiger partial charge in [-0.05, 0) is 38.0 Å². The summed E-state index contributed by atoms with van der Waals surface area (Å²) in [5.41, 5.74) is 1.32. The van der Waals surface area contributed by atoms with Gasteiger partial charge in [0.25, 0.3) is 5.56 Å². The number of para-hydroxylation sites is 1. The van der Waals surface area contributed by atoms with E-state index in [0.717, 1.165) is 30.0 Å². The molecule has 0 aliphatic rings. The third-order valence-electron chi connectivity index (χ3n) is 4.88. The first-order valence-electron chi connectivity index (χ1n) is 10.1. The highest BCUT2D eigenvalue weighted by Crippen LogP contribution is 2.27. The topological polar surface area (TPSA) is 93.5 Å². The van der Waals surface area contributed by atoms with Crippen molar-refractivity contribution in [2.45, 2.75) is 26.8 Å². The van der Waals surface area contributed by atoms with Crippen LogP contribution in [0.25, 0.3) is 10.2 Å². The van der Waals surface area contributed by atoms with Crippen molar-refractivity contribution in [3.8, 4) is 0 Å². The second-order valence-electron chi connectivity index (χ2n) is 7.10. The molecular weight excluding hydrogens is 416 g/mol. The number of hydrogen-bond donors (Lipinski definition) is 1. The van der Waals surface area contributed by atoms with E-state index in [1.54, 1.807) is 13.8 Å². The monoisotopic (exact) mass is 442 g/mol. The predicted octanol–water partition coefficient (Wildman–Crippen LogP) is 2.59. The minimum atomic E-state index is -0.466. The van der Waals surface area contributed by atoms with E-state index in [-0.39, 0.29) is 24.6 Å². The molecule has 31 heavy (non-hydrogen) atoms. The lowest BCUT2D eigenvalue weighted by atomic mass is 10.2. The van der Waals surface area contributed by atoms with Crippen molar-refractivity contribution in [3.63, 3.8) is 0 Å². The van der Waals surface area contributed by atoms with Crippen LogP contribution in [0.15, 0.2) is 41.5 Å². The molecular formula is C22H26N4O4S. The maximum Gasteiger partial charge on any atom is 0.348 e. The van der Waals surface area contributed by atoms with Crippen LogP contribution in [0.5, 0.6) is 0 Å². The number of amides is 1. The Kier molecular flexibility index (Phi) is 7.41. The van der Waals surface area contributed by atoms with Crippen molar-refractivity contribution in [2.24, 2.45) is 0 Å². The Hall–Kier alpha value is -3.20. The molecule has 0 spiro atoms. The van der Waals surface area contributed by atoms with E-state index in [0.29, 0.717) is 27.2 Å². The molecule has 2 aromatic heterocycles. The molecule has 9 heteroatoms. The first-order chi connectivity index (χ1) is 14.9. The van der Waals surface area contributed by atoms with Gasteiger partial charge in [-0.2, -0.15) is 0 Å². The van der Waals surface area contributed by atoms with Gasteiger partial charge in [0, 0.05) is 25.8 Å². The first kappa shape index (κ1) is 22.5. The van der Waals surface area contributed by atoms with Crippen molar-refractivity contribution in [1.82, 2.24) is 14.9 Å². The fourth-order valence-corrected chi connectivity index (χ4v) is 4.26. The number of benzene rings is 1. The van der Waals surface area contributed by atoms with Crippen LogP contribution < -0.4 is 15.8 Å². The minimum absolute atomic E-state index is 0.125. The maximum atomic E-state index is 12.8. The van der Waals surface area contributed by atoms with Gasteiger partial charge in [-0.25, -0.2) is 9.78 Å². The number of carbonyl (C=O) groups is 2. The van der Waals surface area contributed by atoms with Crippen molar-refractivity contribution in [1.29, 1.82) is 0 Å². The predicted molar refractivity (Wildman–Crippen MR) is 122 cm³/mol. The summed E-state index contributed by atoms with van der Waals surface area (Å²) in [6.45, 7) is 4.85. The molecule has 0 radical (unpaired) electrons. The third kappa shape index (κ3) is 5.29. The fraction of sp³-hybridized carbons (Fsp3) is 0.364. The number of aromatic nitrogens is 2. The number of carbonyl (C=O) groups excluding carboxylic acids is 2. The molecule has 0 aliphatic heterocycles. The van der Waals surface area contributed by atoms with Gasteiger partial charge in [0.05, 0.1) is 18.3 Å². The number of rotatable bonds is 9. The van der Waals surface area contributed by atoms with Crippen LogP contribution in [0, 0.1) is 6.92 Å². The van der Waals surface area contributed by atoms with Crippen LogP contribution in [-0.4, -0.2) is 48.2 Å². The molecule has 3 aromatic rings. The van der Waals surface area contributed by atoms with E-state index in [2.05, 4.69) is 15.2 Å². The van der Waals surface area contributed by atoms with E-state index >= 15 is 0 Å². The number of nitrogens with one attached hydrogen (secondary N) is 1. The van der Waals surface area contributed by atoms with Gasteiger partial charge in [-0.15, -0.1) is 11.3 Å². The molecule has 0 saturated heterocycles. The zero-order chi connectivity index (χ0) is 22.4. The molecule has 0 aliphatic carbocycles. The smallest absolute Gasteiger partial charge is 0.348 e. The largest absolute Gasteiger partial charge is 0.462 e. The van der Waals surface area contributed by atoms with Gasteiger partial charge < -0.3 is 15.0 Å². The van der Waals surface area contributed by atoms with Gasteiger partial charge in [-0.3, -0.25) is 14.2 Å². The Balaban J connectivity index is 1.59. The number of esters is 1. The molecule has 0 atom stereocenters. The molecule has 0 fully saturated rings. The normalized spacial score (nSPS) is 10.8. The van der Waals surface area contributed by atoms with E-state index in [1.165, 1.54) is 10.9 Å². The van der Waals surface area contributed by atoms with Crippen LogP contribution in [0.1, 0.15) is 28.6 Å². The molecule has 1 amide bonds. The molecule has 0 saturated carbocycles. The summed E-state index contributed by atoms with van der Waals surface area (Å²) >= 11 is 1.13. The summed E-state index contributed by atoms with van der Waals surface area (Å²) in [7, 11) is 2.01. The minimum Gasteiger partial charge on any atom is -0.462 e. The lowest BCUT2D eigenvalue weighted by molar-refractivity contribution is -0.121. The Morgan fingerprint density at radius 2 is 2.00 bits per heavy atom. The average Bonchev–Trinajstić information content (AvgIpc) is 3.11. The van der Waals surface area contributed by atoms with Crippen LogP contribution in [0.4, 0.5) is 5.69 Å². The van der Waals surface area contributed by atoms with E-state index < -0.39 is 5.97 Å². The van der Waals surface area contributed by atoms with Crippen LogP contribution >= 0.6 is 11.3 Å². The van der Waals surface area contributed by atoms with Crippen LogP contribution in [0.3, 0.4) is 0 Å². The SMILES string of the molecule is CCOC(=O)c1sc2ncn(CC(=O)NCCCN(C)c3ccccc3)c(=O)c2c1C. The van der Waals surface area contributed by atoms with E-state index in [1.807, 2.05) is 37.4 Å². The molecule has 0 unspecified atom stereocenters. The zero-order valence-corrected chi connectivity index (χ0v) is 18.7. The fourth-order valence-electron chi connectivity index (χ4n) is 3.23. The number of thiophene rings is 1. The Labute approximate surface area is 184 Å². The Morgan fingerprint density at radius 3 is 2.71 bits per heavy atom. The highest BCUT2D eigenvalue weighted by molar-refractivity contribution is 7.20. The van der Waals surface area contributed by atoms with Gasteiger partial charge in [0.15, 0.2) is 0 Å². The lowest BCUT2D eigenvalue weighted by Crippen LogP contribution is -2.34. The molecule has 164 valence electrons. The van der Waals surface area contributed by atoms with E-state index in [9.17, 15) is 14.4 Å². The quantitative estimate of drug-likeness (QED) is 0.404. The second kappa shape index (κ2) is 10.2. The lowest BCUT2D eigenvalue weighted by Gasteiger charge is -2.19. The van der Waals surface area contributed by atoms with Gasteiger partial charge in [0.2, 0.25) is 5.91 Å². The van der Waals surface area contributed by atoms with Crippen molar-refractivity contribution in [2.75, 3.05) is 31.6 Å². The zero-order valence-electron chi connectivity index (χ0n) is 17.9. The number of ether oxygens (including phenoxy) is 1. The maximum absolute atomic E-state index is 12.8. The number of fused-ring (bicyclic) bond motifs is 1. The van der Waals surface area contributed by atoms with Gasteiger partial charge in [0.1, 0.15) is 16.3 Å². The molecule has 0 bridgehead atoms. The summed E-state index contributed by atoms with van der Waals surface area (Å²) in [5.74, 6) is -0.726. The summed E-state index contributed by atoms with van der Waals surface area (Å²) in [6, 6.07) is 10.0. The summed E-state index contributed by atoms with van der Waals surface area (Å²) in [6.07, 6.45) is 2.12. The molecule has 2 heterocycles. The van der Waals surface area contributed by atoms with Gasteiger partial charge in [-0.1, -0.05) is 18.2 Å². The van der Waals surface area contributed by atoms with E-state index in [4.69, 9.17) is 4.74 Å². The van der Waals surface area contributed by atoms with Crippen LogP contribution in [-0.2, 0) is 16.1 Å². The third-order valence-corrected chi connectivity index (χ3v) is 6.06. The number of anilines is 1. The Bertz CT molecular complexity index is 1120. The number of nitrogens with zero attached hydrogens (tertiary/aromatic N) is 3. The number of hydrogen-bond acceptors (Lipinski definition) is 7. The first-order valence-corrected chi connectivity index (χ1v) is 10.9. The highest BCUT2D eigenvalue weighted by Gasteiger charge is 2.20. The van der Waals surface area contributed by atoms with Crippen molar-refractivity contribution < 1.29 is 14.3 Å². The van der Waals surface area contributed by atoms with Crippen molar-refractivity contribution in [3.05, 3.63) is 57.5 Å². The van der Waals surface area contributed by atoms with Gasteiger partial charge >= 0.3 is 5.97 Å². The highest BCUT2D eigenvalue weighted by atomic mass is 32.1. The van der Waals surface area contributed by atoms with Crippen molar-refractivity contribution >= 4 is 39.1 Å². The molecule has 8 nitrogen and oxygen atoms in total. The standard InChI is InChI=1S/C22H26N4O4S/c1-4-30-22(29)19-15(2)18-20(31-19)24-14-26(21(18)28)13-17(27)23-11-8-12-25(3)16-9-6-5-7-10-16/h5-7,9-10,14H,4,8,11-13H2,1-3H3,(H,23,27). The molecule has 3 rings (SSSR count). The number of aryl methyl sites for hydroxylation is 1. The summed E-state index contributed by atoms with van der Waals surface area (Å²) < 4.78 is 6.31. The average molecular weight is 443 g/mol. The molecule has 1 aromatic carbocycles. The summed E-state index contributed by atoms with van der Waals surface area (Å²) in [5, 5.41) is 3.20. The van der Waals surface area contributed by atoms with Crippen LogP contribution in [0.2, 0.25) is 0 Å². The molecule has 1 N–H and O–H groups in total. The Morgan fingerprint density at radius 1 is 1.26 bits per heavy atom. The summed E-state index contributed by atoms with van der Waals surface area (Å²) in [4.78, 5) is 44.4.